The summed E-state index contributed by atoms with van der Waals surface area (Å²) in [6.07, 6.45) is 8.49. The minimum Gasteiger partial charge on any atom is -0.480 e. The van der Waals surface area contributed by atoms with Gasteiger partial charge in [0.05, 0.1) is 54.7 Å². The molecule has 2 aliphatic heterocycles. The molecular formula is C35H38Cl2N6O4. The fourth-order valence-electron chi connectivity index (χ4n) is 6.22. The van der Waals surface area contributed by atoms with E-state index < -0.39 is 0 Å². The number of halogens is 2. The van der Waals surface area contributed by atoms with Crippen LogP contribution in [0.1, 0.15) is 43.5 Å². The number of hydrogen-bond donors (Lipinski definition) is 1. The lowest BCUT2D eigenvalue weighted by molar-refractivity contribution is -0.119. The van der Waals surface area contributed by atoms with E-state index in [2.05, 4.69) is 15.2 Å². The van der Waals surface area contributed by atoms with E-state index in [1.807, 2.05) is 36.4 Å². The fraction of sp³-hybridized carbons (Fsp3) is 0.400. The average Bonchev–Trinajstić information content (AvgIpc) is 3.50. The van der Waals surface area contributed by atoms with E-state index in [1.165, 1.54) is 0 Å². The van der Waals surface area contributed by atoms with Gasteiger partial charge in [-0.3, -0.25) is 19.7 Å². The number of aryl methyl sites for hydroxylation is 1. The Hall–Kier alpha value is -3.83. The highest BCUT2D eigenvalue weighted by molar-refractivity contribution is 6.39. The molecule has 2 saturated heterocycles. The van der Waals surface area contributed by atoms with Crippen molar-refractivity contribution in [1.82, 2.24) is 30.2 Å². The summed E-state index contributed by atoms with van der Waals surface area (Å²) in [6, 6.07) is 12.1. The molecule has 2 aromatic carbocycles. The van der Waals surface area contributed by atoms with Gasteiger partial charge in [-0.15, -0.1) is 0 Å². The van der Waals surface area contributed by atoms with Crippen LogP contribution >= 0.6 is 23.2 Å². The zero-order valence-corrected chi connectivity index (χ0v) is 28.3. The van der Waals surface area contributed by atoms with Crippen molar-refractivity contribution in [3.05, 3.63) is 70.2 Å². The SMILES string of the molecule is COC[C@H]1CCN1Cc1ncc(-c2cccc(-c3cccc(-c4cnc(CCC[C@@H]5CCC(=O)N5)c(OC)n4)c3Cl)c2Cl)nc1OC. The van der Waals surface area contributed by atoms with Gasteiger partial charge in [0.2, 0.25) is 17.7 Å². The van der Waals surface area contributed by atoms with Gasteiger partial charge < -0.3 is 19.5 Å². The molecule has 0 unspecified atom stereocenters. The predicted octanol–water partition coefficient (Wildman–Crippen LogP) is 6.41. The minimum absolute atomic E-state index is 0.126. The molecule has 0 spiro atoms. The Kier molecular flexibility index (Phi) is 10.5. The van der Waals surface area contributed by atoms with Crippen molar-refractivity contribution in [2.45, 2.75) is 57.2 Å². The largest absolute Gasteiger partial charge is 0.480 e. The molecule has 2 aromatic heterocycles. The van der Waals surface area contributed by atoms with E-state index in [-0.39, 0.29) is 11.9 Å². The Morgan fingerprint density at radius 1 is 0.851 bits per heavy atom. The molecular weight excluding hydrogens is 639 g/mol. The Morgan fingerprint density at radius 2 is 1.45 bits per heavy atom. The summed E-state index contributed by atoms with van der Waals surface area (Å²) in [5.41, 5.74) is 5.65. The maximum absolute atomic E-state index is 11.5. The van der Waals surface area contributed by atoms with Crippen molar-refractivity contribution in [2.75, 3.05) is 34.5 Å². The van der Waals surface area contributed by atoms with E-state index in [9.17, 15) is 4.79 Å². The first-order valence-electron chi connectivity index (χ1n) is 15.8. The maximum Gasteiger partial charge on any atom is 0.237 e. The molecule has 1 N–H and O–H groups in total. The first-order valence-corrected chi connectivity index (χ1v) is 16.6. The number of likely N-dealkylation sites (tertiary alicyclic amines) is 1. The summed E-state index contributed by atoms with van der Waals surface area (Å²) in [4.78, 5) is 32.8. The summed E-state index contributed by atoms with van der Waals surface area (Å²) >= 11 is 14.1. The normalized spacial score (nSPS) is 17.8. The van der Waals surface area contributed by atoms with Gasteiger partial charge in [-0.2, -0.15) is 0 Å². The standard InChI is InChI=1S/C35H38Cl2N6O4/c1-45-20-22-15-16-43(22)19-30-35(47-3)42-29(18-39-30)26-11-6-9-24(33(26)37)23-8-5-10-25(32(23)36)28-17-38-27(34(41-28)46-2)12-4-7-21-13-14-31(44)40-21/h5-6,8-11,17-18,21-22H,4,7,12-16,19-20H2,1-3H3,(H,40,44)/t21-,22-/m1/s1. The lowest BCUT2D eigenvalue weighted by Gasteiger charge is -2.40. The van der Waals surface area contributed by atoms with Gasteiger partial charge in [0.15, 0.2) is 0 Å². The van der Waals surface area contributed by atoms with E-state index in [0.717, 1.165) is 54.7 Å². The van der Waals surface area contributed by atoms with Crippen LogP contribution in [0.25, 0.3) is 33.6 Å². The number of rotatable bonds is 13. The number of nitrogens with one attached hydrogen (secondary N) is 1. The third kappa shape index (κ3) is 7.21. The first kappa shape index (κ1) is 33.1. The monoisotopic (exact) mass is 676 g/mol. The van der Waals surface area contributed by atoms with Gasteiger partial charge in [0.25, 0.3) is 0 Å². The highest BCUT2D eigenvalue weighted by atomic mass is 35.5. The summed E-state index contributed by atoms with van der Waals surface area (Å²) in [7, 11) is 4.91. The molecule has 2 atom stereocenters. The van der Waals surface area contributed by atoms with Crippen LogP contribution in [0, 0.1) is 0 Å². The van der Waals surface area contributed by atoms with Crippen molar-refractivity contribution in [2.24, 2.45) is 0 Å². The van der Waals surface area contributed by atoms with Crippen molar-refractivity contribution < 1.29 is 19.0 Å². The molecule has 12 heteroatoms. The van der Waals surface area contributed by atoms with Crippen LogP contribution in [0.3, 0.4) is 0 Å². The maximum atomic E-state index is 11.5. The minimum atomic E-state index is 0.126. The number of amides is 1. The van der Waals surface area contributed by atoms with E-state index in [4.69, 9.17) is 52.4 Å². The van der Waals surface area contributed by atoms with Gasteiger partial charge in [0.1, 0.15) is 11.4 Å². The zero-order chi connectivity index (χ0) is 32.9. The van der Waals surface area contributed by atoms with Crippen LogP contribution in [0.5, 0.6) is 11.8 Å². The number of carbonyl (C=O) groups is 1. The van der Waals surface area contributed by atoms with Gasteiger partial charge >= 0.3 is 0 Å². The molecule has 2 aliphatic rings. The van der Waals surface area contributed by atoms with Crippen molar-refractivity contribution >= 4 is 29.1 Å². The second-order valence-corrected chi connectivity index (χ2v) is 12.6. The van der Waals surface area contributed by atoms with Crippen LogP contribution in [-0.2, 0) is 22.5 Å². The number of aromatic nitrogens is 4. The van der Waals surface area contributed by atoms with Crippen molar-refractivity contribution in [3.8, 4) is 45.4 Å². The number of nitrogens with zero attached hydrogens (tertiary/aromatic N) is 5. The van der Waals surface area contributed by atoms with E-state index in [1.54, 1.807) is 33.7 Å². The molecule has 6 rings (SSSR count). The summed E-state index contributed by atoms with van der Waals surface area (Å²) in [6.45, 7) is 2.31. The molecule has 10 nitrogen and oxygen atoms in total. The number of hydrogen-bond acceptors (Lipinski definition) is 9. The van der Waals surface area contributed by atoms with Crippen LogP contribution < -0.4 is 14.8 Å². The van der Waals surface area contributed by atoms with E-state index >= 15 is 0 Å². The van der Waals surface area contributed by atoms with Gasteiger partial charge in [-0.05, 0) is 32.1 Å². The number of methoxy groups -OCH3 is 3. The smallest absolute Gasteiger partial charge is 0.237 e. The Morgan fingerprint density at radius 3 is 1.98 bits per heavy atom. The highest BCUT2D eigenvalue weighted by Crippen LogP contribution is 2.42. The fourth-order valence-corrected chi connectivity index (χ4v) is 6.87. The summed E-state index contributed by atoms with van der Waals surface area (Å²) < 4.78 is 16.6. The first-order chi connectivity index (χ1) is 22.9. The lowest BCUT2D eigenvalue weighted by atomic mass is 9.98. The quantitative estimate of drug-likeness (QED) is 0.172. The predicted molar refractivity (Wildman–Crippen MR) is 182 cm³/mol. The summed E-state index contributed by atoms with van der Waals surface area (Å²) in [5.74, 6) is 1.05. The van der Waals surface area contributed by atoms with Gasteiger partial charge in [-0.25, -0.2) is 9.97 Å². The second-order valence-electron chi connectivity index (χ2n) is 11.8. The molecule has 0 bridgehead atoms. The molecule has 246 valence electrons. The topological polar surface area (TPSA) is 112 Å². The Balaban J connectivity index is 1.23. The molecule has 4 heterocycles. The molecule has 2 fully saturated rings. The van der Waals surface area contributed by atoms with Crippen LogP contribution in [0.2, 0.25) is 10.0 Å². The number of ether oxygens (including phenoxy) is 3. The third-order valence-electron chi connectivity index (χ3n) is 8.88. The molecule has 4 aromatic rings. The van der Waals surface area contributed by atoms with Crippen molar-refractivity contribution in [3.63, 3.8) is 0 Å². The number of carbonyl (C=O) groups excluding carboxylic acids is 1. The third-order valence-corrected chi connectivity index (χ3v) is 9.69. The van der Waals surface area contributed by atoms with Crippen LogP contribution in [0.15, 0.2) is 48.8 Å². The molecule has 0 radical (unpaired) electrons. The average molecular weight is 678 g/mol. The molecule has 1 amide bonds. The zero-order valence-electron chi connectivity index (χ0n) is 26.8. The Bertz CT molecular complexity index is 1760. The van der Waals surface area contributed by atoms with Gasteiger partial charge in [-0.1, -0.05) is 59.6 Å². The lowest BCUT2D eigenvalue weighted by Crippen LogP contribution is -2.49. The Labute approximate surface area is 284 Å². The van der Waals surface area contributed by atoms with Crippen molar-refractivity contribution in [1.29, 1.82) is 0 Å². The van der Waals surface area contributed by atoms with Crippen LogP contribution in [0.4, 0.5) is 0 Å². The molecule has 0 saturated carbocycles. The van der Waals surface area contributed by atoms with Crippen LogP contribution in [-0.4, -0.2) is 77.3 Å². The molecule has 47 heavy (non-hydrogen) atoms. The van der Waals surface area contributed by atoms with Gasteiger partial charge in [0, 0.05) is 61.0 Å². The highest BCUT2D eigenvalue weighted by Gasteiger charge is 2.29. The summed E-state index contributed by atoms with van der Waals surface area (Å²) in [5, 5.41) is 4.00. The number of benzene rings is 2. The van der Waals surface area contributed by atoms with E-state index in [0.29, 0.717) is 76.4 Å². The second kappa shape index (κ2) is 14.9. The molecule has 0 aliphatic carbocycles.